The van der Waals surface area contributed by atoms with Crippen LogP contribution in [0.1, 0.15) is 31.2 Å². The minimum atomic E-state index is -0.445. The summed E-state index contributed by atoms with van der Waals surface area (Å²) < 4.78 is 10.6. The molecule has 0 spiro atoms. The maximum atomic E-state index is 13.1. The summed E-state index contributed by atoms with van der Waals surface area (Å²) in [5, 5.41) is 0. The zero-order chi connectivity index (χ0) is 17.3. The summed E-state index contributed by atoms with van der Waals surface area (Å²) in [5.74, 6) is 1.08. The van der Waals surface area contributed by atoms with Crippen molar-refractivity contribution >= 4 is 11.8 Å². The average Bonchev–Trinajstić information content (AvgIpc) is 3.42. The van der Waals surface area contributed by atoms with Gasteiger partial charge in [-0.15, -0.1) is 0 Å². The van der Waals surface area contributed by atoms with Gasteiger partial charge in [-0.2, -0.15) is 0 Å². The second-order valence-corrected chi connectivity index (χ2v) is 6.62. The average molecular weight is 332 g/mol. The van der Waals surface area contributed by atoms with E-state index in [0.717, 1.165) is 18.4 Å². The molecule has 24 heavy (non-hydrogen) atoms. The van der Waals surface area contributed by atoms with Gasteiger partial charge >= 0.3 is 0 Å². The molecule has 0 aromatic heterocycles. The van der Waals surface area contributed by atoms with Gasteiger partial charge in [-0.1, -0.05) is 6.07 Å². The normalized spacial score (nSPS) is 19.7. The molecule has 6 heteroatoms. The van der Waals surface area contributed by atoms with Crippen molar-refractivity contribution in [2.75, 3.05) is 27.3 Å². The molecule has 6 nitrogen and oxygen atoms in total. The summed E-state index contributed by atoms with van der Waals surface area (Å²) in [6, 6.07) is 5.70. The third kappa shape index (κ3) is 2.81. The molecule has 0 bridgehead atoms. The van der Waals surface area contributed by atoms with Crippen LogP contribution < -0.4 is 15.2 Å². The van der Waals surface area contributed by atoms with E-state index < -0.39 is 5.41 Å². The number of primary amides is 1. The molecule has 2 fully saturated rings. The fourth-order valence-corrected chi connectivity index (χ4v) is 3.55. The van der Waals surface area contributed by atoms with Gasteiger partial charge in [-0.25, -0.2) is 0 Å². The molecule has 1 saturated heterocycles. The second-order valence-electron chi connectivity index (χ2n) is 6.62. The van der Waals surface area contributed by atoms with Crippen LogP contribution in [0.15, 0.2) is 18.2 Å². The number of likely N-dealkylation sites (tertiary alicyclic amines) is 1. The Morgan fingerprint density at radius 1 is 1.12 bits per heavy atom. The van der Waals surface area contributed by atoms with Crippen LogP contribution >= 0.6 is 0 Å². The number of carbonyl (C=O) groups is 2. The zero-order valence-corrected chi connectivity index (χ0v) is 14.2. The Bertz CT molecular complexity index is 646. The number of ether oxygens (including phenoxy) is 2. The highest BCUT2D eigenvalue weighted by Crippen LogP contribution is 2.51. The lowest BCUT2D eigenvalue weighted by Crippen LogP contribution is -2.45. The van der Waals surface area contributed by atoms with Crippen molar-refractivity contribution in [1.82, 2.24) is 4.90 Å². The van der Waals surface area contributed by atoms with Crippen LogP contribution in [0, 0.1) is 5.92 Å². The van der Waals surface area contributed by atoms with Gasteiger partial charge in [0, 0.05) is 19.0 Å². The molecule has 1 aromatic carbocycles. The van der Waals surface area contributed by atoms with Crippen LogP contribution in [0.4, 0.5) is 0 Å². The summed E-state index contributed by atoms with van der Waals surface area (Å²) in [5.41, 5.74) is 5.90. The van der Waals surface area contributed by atoms with E-state index >= 15 is 0 Å². The van der Waals surface area contributed by atoms with Gasteiger partial charge < -0.3 is 20.1 Å². The topological polar surface area (TPSA) is 81.9 Å². The van der Waals surface area contributed by atoms with E-state index in [9.17, 15) is 9.59 Å². The van der Waals surface area contributed by atoms with Crippen molar-refractivity contribution in [2.45, 2.75) is 31.1 Å². The van der Waals surface area contributed by atoms with Gasteiger partial charge in [-0.05, 0) is 43.4 Å². The van der Waals surface area contributed by atoms with Gasteiger partial charge in [0.1, 0.15) is 0 Å². The van der Waals surface area contributed by atoms with E-state index in [1.807, 2.05) is 23.1 Å². The van der Waals surface area contributed by atoms with Gasteiger partial charge in [0.25, 0.3) is 0 Å². The number of hydrogen-bond acceptors (Lipinski definition) is 4. The first kappa shape index (κ1) is 16.6. The third-order valence-electron chi connectivity index (χ3n) is 5.28. The van der Waals surface area contributed by atoms with Gasteiger partial charge in [0.2, 0.25) is 11.8 Å². The van der Waals surface area contributed by atoms with Gasteiger partial charge in [-0.3, -0.25) is 9.59 Å². The Labute approximate surface area is 141 Å². The summed E-state index contributed by atoms with van der Waals surface area (Å²) in [4.78, 5) is 26.2. The SMILES string of the molecule is COc1ccc(C2(C(=O)N3CCC(C(N)=O)CC3)CC2)cc1OC. The minimum Gasteiger partial charge on any atom is -0.493 e. The molecule has 3 rings (SSSR count). The highest BCUT2D eigenvalue weighted by atomic mass is 16.5. The summed E-state index contributed by atoms with van der Waals surface area (Å²) >= 11 is 0. The fraction of sp³-hybridized carbons (Fsp3) is 0.556. The number of rotatable bonds is 5. The maximum absolute atomic E-state index is 13.1. The lowest BCUT2D eigenvalue weighted by Gasteiger charge is -2.33. The Morgan fingerprint density at radius 3 is 2.25 bits per heavy atom. The standard InChI is InChI=1S/C18H24N2O4/c1-23-14-4-3-13(11-15(14)24-2)18(7-8-18)17(22)20-9-5-12(6-10-20)16(19)21/h3-4,11-12H,5-10H2,1-2H3,(H2,19,21). The first-order valence-corrected chi connectivity index (χ1v) is 8.33. The fourth-order valence-electron chi connectivity index (χ4n) is 3.55. The van der Waals surface area contributed by atoms with Crippen LogP contribution in [-0.4, -0.2) is 44.0 Å². The van der Waals surface area contributed by atoms with E-state index in [2.05, 4.69) is 0 Å². The van der Waals surface area contributed by atoms with E-state index in [1.165, 1.54) is 0 Å². The zero-order valence-electron chi connectivity index (χ0n) is 14.2. The van der Waals surface area contributed by atoms with E-state index in [-0.39, 0.29) is 17.7 Å². The van der Waals surface area contributed by atoms with E-state index in [0.29, 0.717) is 37.4 Å². The Kier molecular flexibility index (Phi) is 4.39. The monoisotopic (exact) mass is 332 g/mol. The predicted octanol–water partition coefficient (Wildman–Crippen LogP) is 1.46. The number of carbonyl (C=O) groups excluding carboxylic acids is 2. The van der Waals surface area contributed by atoms with Gasteiger partial charge in [0.15, 0.2) is 11.5 Å². The highest BCUT2D eigenvalue weighted by molar-refractivity contribution is 5.91. The number of benzene rings is 1. The number of methoxy groups -OCH3 is 2. The molecule has 0 radical (unpaired) electrons. The molecule has 1 aliphatic heterocycles. The number of nitrogens with two attached hydrogens (primary N) is 1. The minimum absolute atomic E-state index is 0.106. The first-order chi connectivity index (χ1) is 11.5. The molecule has 2 amide bonds. The molecule has 0 atom stereocenters. The Balaban J connectivity index is 1.77. The van der Waals surface area contributed by atoms with Crippen molar-refractivity contribution < 1.29 is 19.1 Å². The van der Waals surface area contributed by atoms with Crippen LogP contribution in [0.3, 0.4) is 0 Å². The second kappa shape index (κ2) is 6.34. The Morgan fingerprint density at radius 2 is 1.75 bits per heavy atom. The number of nitrogens with zero attached hydrogens (tertiary/aromatic N) is 1. The molecule has 2 N–H and O–H groups in total. The molecular weight excluding hydrogens is 308 g/mol. The first-order valence-electron chi connectivity index (χ1n) is 8.33. The van der Waals surface area contributed by atoms with Crippen LogP contribution in [-0.2, 0) is 15.0 Å². The smallest absolute Gasteiger partial charge is 0.233 e. The van der Waals surface area contributed by atoms with Gasteiger partial charge in [0.05, 0.1) is 19.6 Å². The summed E-state index contributed by atoms with van der Waals surface area (Å²) in [6.45, 7) is 1.20. The molecule has 130 valence electrons. The van der Waals surface area contributed by atoms with Crippen molar-refractivity contribution in [3.8, 4) is 11.5 Å². The van der Waals surface area contributed by atoms with Crippen LogP contribution in [0.5, 0.6) is 11.5 Å². The Hall–Kier alpha value is -2.24. The molecule has 1 saturated carbocycles. The molecule has 1 aliphatic carbocycles. The van der Waals surface area contributed by atoms with Crippen molar-refractivity contribution in [3.05, 3.63) is 23.8 Å². The van der Waals surface area contributed by atoms with Crippen LogP contribution in [0.25, 0.3) is 0 Å². The maximum Gasteiger partial charge on any atom is 0.233 e. The summed E-state index contributed by atoms with van der Waals surface area (Å²) in [6.07, 6.45) is 3.00. The number of amides is 2. The molecule has 0 unspecified atom stereocenters. The lowest BCUT2D eigenvalue weighted by atomic mass is 9.91. The highest BCUT2D eigenvalue weighted by Gasteiger charge is 2.53. The molecule has 2 aliphatic rings. The molecule has 1 heterocycles. The number of hydrogen-bond donors (Lipinski definition) is 1. The molecular formula is C18H24N2O4. The predicted molar refractivity (Wildman–Crippen MR) is 89.0 cm³/mol. The third-order valence-corrected chi connectivity index (χ3v) is 5.28. The number of piperidine rings is 1. The van der Waals surface area contributed by atoms with E-state index in [1.54, 1.807) is 14.2 Å². The van der Waals surface area contributed by atoms with E-state index in [4.69, 9.17) is 15.2 Å². The van der Waals surface area contributed by atoms with Crippen LogP contribution in [0.2, 0.25) is 0 Å². The van der Waals surface area contributed by atoms with Crippen molar-refractivity contribution in [2.24, 2.45) is 11.7 Å². The molecule has 1 aromatic rings. The largest absolute Gasteiger partial charge is 0.493 e. The lowest BCUT2D eigenvalue weighted by molar-refractivity contribution is -0.137. The van der Waals surface area contributed by atoms with Crippen molar-refractivity contribution in [3.63, 3.8) is 0 Å². The van der Waals surface area contributed by atoms with Crippen molar-refractivity contribution in [1.29, 1.82) is 0 Å². The quantitative estimate of drug-likeness (QED) is 0.885. The summed E-state index contributed by atoms with van der Waals surface area (Å²) in [7, 11) is 3.19.